The van der Waals surface area contributed by atoms with Crippen LogP contribution < -0.4 is 14.4 Å². The number of benzene rings is 3. The SMILES string of the molecule is CCCCN[C@H]1c2cc(CN(c3ccc(F)cc3)S(=O)(=O)c3ccc(C)cc3)ccc2OC(C)(C)[C@@H]1O. The van der Waals surface area contributed by atoms with Gasteiger partial charge in [-0.25, -0.2) is 12.8 Å². The van der Waals surface area contributed by atoms with Gasteiger partial charge in [-0.15, -0.1) is 0 Å². The Kier molecular flexibility index (Phi) is 7.92. The molecule has 1 heterocycles. The Bertz CT molecular complexity index is 1330. The molecule has 198 valence electrons. The molecule has 2 atom stereocenters. The summed E-state index contributed by atoms with van der Waals surface area (Å²) in [7, 11) is -3.95. The van der Waals surface area contributed by atoms with E-state index in [9.17, 15) is 17.9 Å². The number of aryl methyl sites for hydroxylation is 1. The standard InChI is InChI=1S/C29H35FN2O4S/c1-5-6-17-31-27-25-18-21(9-16-26(25)36-29(3,4)28(27)33)19-32(23-12-10-22(30)11-13-23)37(34,35)24-14-7-20(2)8-15-24/h7-16,18,27-28,31,33H,5-6,17,19H2,1-4H3/t27-,28+/m0/s1. The molecule has 0 spiro atoms. The molecule has 3 aromatic rings. The van der Waals surface area contributed by atoms with Gasteiger partial charge in [-0.2, -0.15) is 0 Å². The van der Waals surface area contributed by atoms with Crippen LogP contribution in [0.4, 0.5) is 10.1 Å². The fourth-order valence-electron chi connectivity index (χ4n) is 4.53. The topological polar surface area (TPSA) is 78.9 Å². The van der Waals surface area contributed by atoms with Crippen molar-refractivity contribution in [1.29, 1.82) is 0 Å². The number of fused-ring (bicyclic) bond motifs is 1. The number of nitrogens with zero attached hydrogens (tertiary/aromatic N) is 1. The first-order valence-electron chi connectivity index (χ1n) is 12.6. The molecular weight excluding hydrogens is 491 g/mol. The summed E-state index contributed by atoms with van der Waals surface area (Å²) in [6.07, 6.45) is 1.19. The van der Waals surface area contributed by atoms with Crippen molar-refractivity contribution in [2.45, 2.75) is 69.7 Å². The summed E-state index contributed by atoms with van der Waals surface area (Å²) in [6.45, 7) is 8.47. The first kappa shape index (κ1) is 27.1. The van der Waals surface area contributed by atoms with Gasteiger partial charge in [-0.05, 0) is 87.8 Å². The van der Waals surface area contributed by atoms with Crippen LogP contribution in [0.5, 0.6) is 5.75 Å². The van der Waals surface area contributed by atoms with E-state index in [1.165, 1.54) is 28.6 Å². The molecule has 4 rings (SSSR count). The molecule has 0 aromatic heterocycles. The number of rotatable bonds is 9. The van der Waals surface area contributed by atoms with Crippen molar-refractivity contribution in [2.24, 2.45) is 0 Å². The van der Waals surface area contributed by atoms with E-state index < -0.39 is 27.5 Å². The van der Waals surface area contributed by atoms with Crippen LogP contribution in [0.2, 0.25) is 0 Å². The van der Waals surface area contributed by atoms with Crippen molar-refractivity contribution in [3.8, 4) is 5.75 Å². The second-order valence-electron chi connectivity index (χ2n) is 10.1. The first-order chi connectivity index (χ1) is 17.5. The lowest BCUT2D eigenvalue weighted by atomic mass is 9.85. The zero-order chi connectivity index (χ0) is 26.8. The molecule has 0 radical (unpaired) electrons. The van der Waals surface area contributed by atoms with Crippen molar-refractivity contribution >= 4 is 15.7 Å². The molecule has 1 aliphatic rings. The fourth-order valence-corrected chi connectivity index (χ4v) is 5.98. The largest absolute Gasteiger partial charge is 0.485 e. The average Bonchev–Trinajstić information content (AvgIpc) is 2.86. The second-order valence-corrected chi connectivity index (χ2v) is 12.0. The Labute approximate surface area is 219 Å². The van der Waals surface area contributed by atoms with E-state index in [0.717, 1.165) is 36.1 Å². The number of nitrogens with one attached hydrogen (secondary N) is 1. The minimum Gasteiger partial charge on any atom is -0.485 e. The number of unbranched alkanes of at least 4 members (excludes halogenated alkanes) is 1. The maximum atomic E-state index is 13.8. The maximum Gasteiger partial charge on any atom is 0.264 e. The predicted molar refractivity (Wildman–Crippen MR) is 144 cm³/mol. The van der Waals surface area contributed by atoms with Gasteiger partial charge in [0, 0.05) is 5.56 Å². The summed E-state index contributed by atoms with van der Waals surface area (Å²) < 4.78 is 48.6. The van der Waals surface area contributed by atoms with E-state index in [1.54, 1.807) is 24.3 Å². The van der Waals surface area contributed by atoms with Crippen molar-refractivity contribution < 1.29 is 22.7 Å². The van der Waals surface area contributed by atoms with Gasteiger partial charge in [0.2, 0.25) is 0 Å². The van der Waals surface area contributed by atoms with Crippen LogP contribution in [-0.2, 0) is 16.6 Å². The lowest BCUT2D eigenvalue weighted by molar-refractivity contribution is -0.0645. The Hall–Kier alpha value is -2.94. The molecule has 6 nitrogen and oxygen atoms in total. The molecule has 0 saturated heterocycles. The number of hydrogen-bond acceptors (Lipinski definition) is 5. The molecule has 0 fully saturated rings. The average molecular weight is 527 g/mol. The maximum absolute atomic E-state index is 13.8. The number of halogens is 1. The van der Waals surface area contributed by atoms with Gasteiger partial charge in [0.15, 0.2) is 0 Å². The summed E-state index contributed by atoms with van der Waals surface area (Å²) >= 11 is 0. The third-order valence-corrected chi connectivity index (χ3v) is 8.54. The second kappa shape index (κ2) is 10.8. The third-order valence-electron chi connectivity index (χ3n) is 6.75. The number of sulfonamides is 1. The molecule has 2 N–H and O–H groups in total. The van der Waals surface area contributed by atoms with Gasteiger partial charge in [-0.1, -0.05) is 37.1 Å². The zero-order valence-electron chi connectivity index (χ0n) is 21.7. The van der Waals surface area contributed by atoms with Crippen molar-refractivity contribution in [2.75, 3.05) is 10.8 Å². The lowest BCUT2D eigenvalue weighted by Gasteiger charge is -2.42. The van der Waals surface area contributed by atoms with Crippen molar-refractivity contribution in [1.82, 2.24) is 5.32 Å². The van der Waals surface area contributed by atoms with E-state index in [4.69, 9.17) is 4.74 Å². The highest BCUT2D eigenvalue weighted by molar-refractivity contribution is 7.92. The molecule has 0 bridgehead atoms. The van der Waals surface area contributed by atoms with Gasteiger partial charge in [-0.3, -0.25) is 4.31 Å². The summed E-state index contributed by atoms with van der Waals surface area (Å²) in [6, 6.07) is 17.3. The zero-order valence-corrected chi connectivity index (χ0v) is 22.6. The minimum atomic E-state index is -3.95. The molecule has 0 aliphatic carbocycles. The van der Waals surface area contributed by atoms with Gasteiger partial charge >= 0.3 is 0 Å². The number of hydrogen-bond donors (Lipinski definition) is 2. The fraction of sp³-hybridized carbons (Fsp3) is 0.379. The van der Waals surface area contributed by atoms with E-state index in [-0.39, 0.29) is 17.5 Å². The molecular formula is C29H35FN2O4S. The molecule has 8 heteroatoms. The van der Waals surface area contributed by atoms with Gasteiger partial charge in [0.25, 0.3) is 10.0 Å². The molecule has 0 unspecified atom stereocenters. The van der Waals surface area contributed by atoms with Crippen LogP contribution in [0.15, 0.2) is 71.6 Å². The normalized spacial score (nSPS) is 18.6. The highest BCUT2D eigenvalue weighted by atomic mass is 32.2. The Balaban J connectivity index is 1.74. The molecule has 0 saturated carbocycles. The molecule has 37 heavy (non-hydrogen) atoms. The number of anilines is 1. The molecule has 0 amide bonds. The van der Waals surface area contributed by atoms with Crippen LogP contribution in [0.1, 0.15) is 56.3 Å². The smallest absolute Gasteiger partial charge is 0.264 e. The van der Waals surface area contributed by atoms with E-state index in [0.29, 0.717) is 11.4 Å². The number of ether oxygens (including phenoxy) is 1. The third kappa shape index (κ3) is 5.81. The summed E-state index contributed by atoms with van der Waals surface area (Å²) in [5, 5.41) is 14.6. The first-order valence-corrected chi connectivity index (χ1v) is 14.0. The van der Waals surface area contributed by atoms with Gasteiger partial charge in [0.1, 0.15) is 23.3 Å². The molecule has 3 aromatic carbocycles. The summed E-state index contributed by atoms with van der Waals surface area (Å²) in [5.74, 6) is 0.211. The summed E-state index contributed by atoms with van der Waals surface area (Å²) in [5.41, 5.74) is 2.02. The van der Waals surface area contributed by atoms with Gasteiger partial charge < -0.3 is 15.2 Å². The van der Waals surface area contributed by atoms with Crippen LogP contribution >= 0.6 is 0 Å². The van der Waals surface area contributed by atoms with Crippen molar-refractivity contribution in [3.05, 3.63) is 89.2 Å². The van der Waals surface area contributed by atoms with E-state index in [1.807, 2.05) is 39.0 Å². The Morgan fingerprint density at radius 1 is 1.05 bits per heavy atom. The highest BCUT2D eigenvalue weighted by Crippen LogP contribution is 2.40. The van der Waals surface area contributed by atoms with Crippen LogP contribution in [0, 0.1) is 12.7 Å². The monoisotopic (exact) mass is 526 g/mol. The highest BCUT2D eigenvalue weighted by Gasteiger charge is 2.42. The number of aliphatic hydroxyl groups excluding tert-OH is 1. The quantitative estimate of drug-likeness (QED) is 0.361. The molecule has 1 aliphatic heterocycles. The van der Waals surface area contributed by atoms with E-state index in [2.05, 4.69) is 12.2 Å². The number of aliphatic hydroxyl groups is 1. The Morgan fingerprint density at radius 3 is 2.38 bits per heavy atom. The Morgan fingerprint density at radius 2 is 1.73 bits per heavy atom. The van der Waals surface area contributed by atoms with Crippen LogP contribution in [0.3, 0.4) is 0 Å². The van der Waals surface area contributed by atoms with Crippen LogP contribution in [-0.4, -0.2) is 31.8 Å². The summed E-state index contributed by atoms with van der Waals surface area (Å²) in [4.78, 5) is 0.153. The minimum absolute atomic E-state index is 0.0241. The predicted octanol–water partition coefficient (Wildman–Crippen LogP) is 5.49. The lowest BCUT2D eigenvalue weighted by Crippen LogP contribution is -2.52. The van der Waals surface area contributed by atoms with Crippen LogP contribution in [0.25, 0.3) is 0 Å². The van der Waals surface area contributed by atoms with Gasteiger partial charge in [0.05, 0.1) is 23.2 Å². The van der Waals surface area contributed by atoms with E-state index >= 15 is 0 Å². The van der Waals surface area contributed by atoms with Crippen molar-refractivity contribution in [3.63, 3.8) is 0 Å².